The molecular weight excluding hydrogens is 276 g/mol. The molecule has 1 atom stereocenters. The van der Waals surface area contributed by atoms with Crippen molar-refractivity contribution in [3.63, 3.8) is 0 Å². The number of imidazole rings is 1. The fourth-order valence-corrected chi connectivity index (χ4v) is 3.04. The number of anilines is 1. The molecule has 3 heterocycles. The molecule has 22 heavy (non-hydrogen) atoms. The first-order chi connectivity index (χ1) is 10.8. The van der Waals surface area contributed by atoms with E-state index in [0.717, 1.165) is 23.4 Å². The number of pyridine rings is 1. The number of Topliss-reactive ketones (excluding diaryl/α,β-unsaturated/α-hetero) is 1. The van der Waals surface area contributed by atoms with Gasteiger partial charge < -0.3 is 9.88 Å². The largest absolute Gasteiger partial charge is 0.362 e. The number of aromatic amines is 1. The van der Waals surface area contributed by atoms with E-state index in [4.69, 9.17) is 0 Å². The third kappa shape index (κ3) is 2.24. The number of fused-ring (bicyclic) bond motifs is 1. The zero-order valence-corrected chi connectivity index (χ0v) is 12.1. The molecule has 5 heteroatoms. The summed E-state index contributed by atoms with van der Waals surface area (Å²) in [6, 6.07) is 14.1. The first-order valence-corrected chi connectivity index (χ1v) is 7.45. The summed E-state index contributed by atoms with van der Waals surface area (Å²) in [5.41, 5.74) is 3.64. The van der Waals surface area contributed by atoms with E-state index in [1.165, 1.54) is 0 Å². The Morgan fingerprint density at radius 1 is 1.14 bits per heavy atom. The lowest BCUT2D eigenvalue weighted by molar-refractivity contribution is -0.120. The Morgan fingerprint density at radius 2 is 2.00 bits per heavy atom. The minimum Gasteiger partial charge on any atom is -0.362 e. The second kappa shape index (κ2) is 5.26. The number of nitrogens with one attached hydrogen (secondary N) is 1. The van der Waals surface area contributed by atoms with Crippen LogP contribution in [-0.2, 0) is 4.79 Å². The van der Waals surface area contributed by atoms with Crippen molar-refractivity contribution in [1.29, 1.82) is 0 Å². The van der Waals surface area contributed by atoms with E-state index in [1.54, 1.807) is 6.33 Å². The lowest BCUT2D eigenvalue weighted by atomic mass is 9.97. The number of para-hydroxylation sites is 1. The number of piperidine rings is 1. The summed E-state index contributed by atoms with van der Waals surface area (Å²) in [5.74, 6) is 0.293. The van der Waals surface area contributed by atoms with Gasteiger partial charge in [-0.1, -0.05) is 18.2 Å². The molecule has 0 radical (unpaired) electrons. The van der Waals surface area contributed by atoms with Crippen LogP contribution in [0.4, 0.5) is 5.69 Å². The van der Waals surface area contributed by atoms with Crippen molar-refractivity contribution >= 4 is 22.6 Å². The Morgan fingerprint density at radius 3 is 2.86 bits per heavy atom. The number of carbonyl (C=O) groups excluding carboxylic acids is 1. The van der Waals surface area contributed by atoms with Crippen LogP contribution >= 0.6 is 0 Å². The third-order valence-electron chi connectivity index (χ3n) is 4.16. The summed E-state index contributed by atoms with van der Waals surface area (Å²) in [5, 5.41) is 0. The van der Waals surface area contributed by atoms with Crippen LogP contribution in [0.5, 0.6) is 0 Å². The predicted octanol–water partition coefficient (Wildman–Crippen LogP) is 2.87. The van der Waals surface area contributed by atoms with Crippen LogP contribution in [0, 0.1) is 0 Å². The van der Waals surface area contributed by atoms with Gasteiger partial charge >= 0.3 is 0 Å². The van der Waals surface area contributed by atoms with Gasteiger partial charge in [-0.3, -0.25) is 4.79 Å². The zero-order valence-electron chi connectivity index (χ0n) is 12.1. The van der Waals surface area contributed by atoms with Gasteiger partial charge in [0.2, 0.25) is 0 Å². The Labute approximate surface area is 128 Å². The molecule has 0 spiro atoms. The van der Waals surface area contributed by atoms with Crippen molar-refractivity contribution < 1.29 is 4.79 Å². The van der Waals surface area contributed by atoms with E-state index in [0.29, 0.717) is 24.3 Å². The summed E-state index contributed by atoms with van der Waals surface area (Å²) in [6.45, 7) is 0.730. The van der Waals surface area contributed by atoms with Crippen LogP contribution < -0.4 is 4.90 Å². The molecule has 110 valence electrons. The maximum Gasteiger partial charge on any atom is 0.177 e. The first-order valence-electron chi connectivity index (χ1n) is 7.45. The van der Waals surface area contributed by atoms with Crippen LogP contribution in [0.15, 0.2) is 48.8 Å². The Bertz CT molecular complexity index is 812. The van der Waals surface area contributed by atoms with Crippen molar-refractivity contribution in [3.8, 4) is 0 Å². The van der Waals surface area contributed by atoms with Crippen LogP contribution in [0.25, 0.3) is 11.2 Å². The maximum atomic E-state index is 12.0. The summed E-state index contributed by atoms with van der Waals surface area (Å²) < 4.78 is 0. The molecule has 0 aliphatic carbocycles. The number of H-pyrrole nitrogens is 1. The van der Waals surface area contributed by atoms with Gasteiger partial charge in [0, 0.05) is 25.1 Å². The molecule has 1 aliphatic heterocycles. The molecule has 2 aromatic heterocycles. The highest BCUT2D eigenvalue weighted by Crippen LogP contribution is 2.33. The molecule has 1 aromatic carbocycles. The lowest BCUT2D eigenvalue weighted by Crippen LogP contribution is -2.37. The van der Waals surface area contributed by atoms with Gasteiger partial charge in [0.25, 0.3) is 0 Å². The SMILES string of the molecule is O=C1CCN(c2ccccc2)C(c2ccc3[nH]cnc3n2)C1. The molecule has 1 unspecified atom stereocenters. The summed E-state index contributed by atoms with van der Waals surface area (Å²) in [6.07, 6.45) is 2.73. The lowest BCUT2D eigenvalue weighted by Gasteiger charge is -2.36. The Kier molecular flexibility index (Phi) is 3.11. The molecule has 0 bridgehead atoms. The molecule has 4 rings (SSSR count). The van der Waals surface area contributed by atoms with Crippen LogP contribution in [0.2, 0.25) is 0 Å². The van der Waals surface area contributed by atoms with Crippen molar-refractivity contribution in [1.82, 2.24) is 15.0 Å². The van der Waals surface area contributed by atoms with Gasteiger partial charge in [0.15, 0.2) is 5.65 Å². The van der Waals surface area contributed by atoms with E-state index < -0.39 is 0 Å². The summed E-state index contributed by atoms with van der Waals surface area (Å²) in [7, 11) is 0. The molecule has 1 saturated heterocycles. The smallest absolute Gasteiger partial charge is 0.177 e. The van der Waals surface area contributed by atoms with Crippen molar-refractivity contribution in [2.75, 3.05) is 11.4 Å². The summed E-state index contributed by atoms with van der Waals surface area (Å²) in [4.78, 5) is 26.1. The molecule has 0 saturated carbocycles. The van der Waals surface area contributed by atoms with Gasteiger partial charge in [0.05, 0.1) is 23.6 Å². The highest BCUT2D eigenvalue weighted by Gasteiger charge is 2.29. The molecule has 1 N–H and O–H groups in total. The van der Waals surface area contributed by atoms with E-state index in [9.17, 15) is 4.79 Å². The fraction of sp³-hybridized carbons (Fsp3) is 0.235. The van der Waals surface area contributed by atoms with E-state index in [-0.39, 0.29) is 6.04 Å². The average molecular weight is 292 g/mol. The standard InChI is InChI=1S/C17H16N4O/c22-13-8-9-21(12-4-2-1-3-5-12)16(10-13)14-6-7-15-17(20-14)19-11-18-15/h1-7,11,16H,8-10H2,(H,18,19,20). The third-order valence-corrected chi connectivity index (χ3v) is 4.16. The zero-order chi connectivity index (χ0) is 14.9. The number of hydrogen-bond donors (Lipinski definition) is 1. The van der Waals surface area contributed by atoms with E-state index in [2.05, 4.69) is 32.0 Å². The number of ketones is 1. The van der Waals surface area contributed by atoms with E-state index in [1.807, 2.05) is 30.3 Å². The predicted molar refractivity (Wildman–Crippen MR) is 84.7 cm³/mol. The second-order valence-electron chi connectivity index (χ2n) is 5.55. The molecule has 1 fully saturated rings. The van der Waals surface area contributed by atoms with Crippen molar-refractivity contribution in [2.24, 2.45) is 0 Å². The molecule has 1 aliphatic rings. The monoisotopic (exact) mass is 292 g/mol. The normalized spacial score (nSPS) is 18.8. The van der Waals surface area contributed by atoms with Crippen LogP contribution in [0.3, 0.4) is 0 Å². The number of benzene rings is 1. The minimum atomic E-state index is -0.0234. The van der Waals surface area contributed by atoms with Gasteiger partial charge in [-0.05, 0) is 24.3 Å². The topological polar surface area (TPSA) is 61.9 Å². The highest BCUT2D eigenvalue weighted by atomic mass is 16.1. The van der Waals surface area contributed by atoms with Crippen LogP contribution in [0.1, 0.15) is 24.6 Å². The van der Waals surface area contributed by atoms with Crippen molar-refractivity contribution in [2.45, 2.75) is 18.9 Å². The number of hydrogen-bond acceptors (Lipinski definition) is 4. The maximum absolute atomic E-state index is 12.0. The van der Waals surface area contributed by atoms with Gasteiger partial charge in [-0.25, -0.2) is 9.97 Å². The molecule has 3 aromatic rings. The van der Waals surface area contributed by atoms with Gasteiger partial charge in [0.1, 0.15) is 5.78 Å². The van der Waals surface area contributed by atoms with Gasteiger partial charge in [-0.15, -0.1) is 0 Å². The average Bonchev–Trinajstić information content (AvgIpc) is 3.03. The number of rotatable bonds is 2. The molecular formula is C17H16N4O. The summed E-state index contributed by atoms with van der Waals surface area (Å²) >= 11 is 0. The van der Waals surface area contributed by atoms with E-state index >= 15 is 0 Å². The van der Waals surface area contributed by atoms with Crippen molar-refractivity contribution in [3.05, 3.63) is 54.5 Å². The minimum absolute atomic E-state index is 0.0234. The number of aromatic nitrogens is 3. The fourth-order valence-electron chi connectivity index (χ4n) is 3.04. The Balaban J connectivity index is 1.75. The molecule has 5 nitrogen and oxygen atoms in total. The second-order valence-corrected chi connectivity index (χ2v) is 5.55. The van der Waals surface area contributed by atoms with Gasteiger partial charge in [-0.2, -0.15) is 0 Å². The number of nitrogens with zero attached hydrogens (tertiary/aromatic N) is 3. The Hall–Kier alpha value is -2.69. The highest BCUT2D eigenvalue weighted by molar-refractivity contribution is 5.82. The molecule has 0 amide bonds. The first kappa shape index (κ1) is 13.0. The quantitative estimate of drug-likeness (QED) is 0.789. The van der Waals surface area contributed by atoms with Crippen LogP contribution in [-0.4, -0.2) is 27.3 Å². The number of carbonyl (C=O) groups is 1.